The molecule has 0 unspecified atom stereocenters. The Balaban J connectivity index is 0.951. The van der Waals surface area contributed by atoms with Crippen LogP contribution in [0.5, 0.6) is 0 Å². The van der Waals surface area contributed by atoms with Gasteiger partial charge >= 0.3 is 0 Å². The molecule has 0 spiro atoms. The Labute approximate surface area is 314 Å². The maximum atomic E-state index is 6.01. The fraction of sp³-hybridized carbons (Fsp3) is 0.190. The SMILES string of the molecule is CCN(CC)c1ccc(N=Nc2ccc(-c3nnc(-c4ccc(-c5nnc(-c6ccc(N=Nc7ccc(N(CC)CC)cc7)cc6)o5)cc4)o3)cc2)cc1. The molecule has 0 bridgehead atoms. The molecule has 0 radical (unpaired) electrons. The number of hydrogen-bond acceptors (Lipinski definition) is 12. The van der Waals surface area contributed by atoms with Crippen molar-refractivity contribution in [1.29, 1.82) is 0 Å². The van der Waals surface area contributed by atoms with Crippen molar-refractivity contribution in [3.8, 4) is 45.8 Å². The molecule has 0 aliphatic heterocycles. The largest absolute Gasteiger partial charge is 0.416 e. The number of aromatic nitrogens is 4. The molecule has 7 aromatic rings. The van der Waals surface area contributed by atoms with E-state index in [-0.39, 0.29) is 0 Å². The highest BCUT2D eigenvalue weighted by Crippen LogP contribution is 2.30. The Morgan fingerprint density at radius 3 is 0.815 bits per heavy atom. The normalized spacial score (nSPS) is 11.5. The minimum Gasteiger partial charge on any atom is -0.416 e. The van der Waals surface area contributed by atoms with E-state index in [0.29, 0.717) is 23.6 Å². The summed E-state index contributed by atoms with van der Waals surface area (Å²) in [6, 6.07) is 38.7. The van der Waals surface area contributed by atoms with Gasteiger partial charge in [-0.1, -0.05) is 0 Å². The number of hydrogen-bond donors (Lipinski definition) is 0. The van der Waals surface area contributed by atoms with Crippen molar-refractivity contribution in [2.75, 3.05) is 36.0 Å². The van der Waals surface area contributed by atoms with Crippen LogP contribution in [-0.4, -0.2) is 46.6 Å². The average Bonchev–Trinajstić information content (AvgIpc) is 3.93. The zero-order valence-corrected chi connectivity index (χ0v) is 30.7. The predicted molar refractivity (Wildman–Crippen MR) is 212 cm³/mol. The van der Waals surface area contributed by atoms with Crippen molar-refractivity contribution in [3.05, 3.63) is 121 Å². The molecule has 0 fully saturated rings. The summed E-state index contributed by atoms with van der Waals surface area (Å²) in [5.41, 5.74) is 8.46. The molecule has 0 amide bonds. The van der Waals surface area contributed by atoms with Gasteiger partial charge in [0.1, 0.15) is 0 Å². The molecular weight excluding hydrogens is 677 g/mol. The first-order chi connectivity index (χ1) is 26.5. The second-order valence-electron chi connectivity index (χ2n) is 12.3. The van der Waals surface area contributed by atoms with Gasteiger partial charge in [-0.2, -0.15) is 20.5 Å². The van der Waals surface area contributed by atoms with Crippen LogP contribution in [0.1, 0.15) is 27.7 Å². The molecule has 0 atom stereocenters. The summed E-state index contributed by atoms with van der Waals surface area (Å²) in [7, 11) is 0. The summed E-state index contributed by atoms with van der Waals surface area (Å²) in [4.78, 5) is 4.57. The van der Waals surface area contributed by atoms with Gasteiger partial charge < -0.3 is 18.6 Å². The van der Waals surface area contributed by atoms with Gasteiger partial charge in [0.05, 0.1) is 22.7 Å². The highest BCUT2D eigenvalue weighted by atomic mass is 16.4. The van der Waals surface area contributed by atoms with Gasteiger partial charge in [-0.3, -0.25) is 0 Å². The van der Waals surface area contributed by atoms with E-state index in [4.69, 9.17) is 8.83 Å². The van der Waals surface area contributed by atoms with E-state index in [1.807, 2.05) is 97.1 Å². The lowest BCUT2D eigenvalue weighted by molar-refractivity contribution is 0.582. The topological polar surface area (TPSA) is 134 Å². The number of azo groups is 2. The van der Waals surface area contributed by atoms with Gasteiger partial charge in [0.2, 0.25) is 23.6 Å². The first-order valence-corrected chi connectivity index (χ1v) is 18.1. The van der Waals surface area contributed by atoms with Gasteiger partial charge in [-0.05, 0) is 149 Å². The lowest BCUT2D eigenvalue weighted by Gasteiger charge is -2.20. The molecular formula is C42H40N10O2. The predicted octanol–water partition coefficient (Wildman–Crippen LogP) is 11.6. The molecule has 12 heteroatoms. The maximum absolute atomic E-state index is 6.01. The highest BCUT2D eigenvalue weighted by Gasteiger charge is 2.14. The fourth-order valence-electron chi connectivity index (χ4n) is 5.88. The van der Waals surface area contributed by atoms with Crippen molar-refractivity contribution in [1.82, 2.24) is 20.4 Å². The smallest absolute Gasteiger partial charge is 0.248 e. The van der Waals surface area contributed by atoms with Crippen LogP contribution in [0.4, 0.5) is 34.1 Å². The van der Waals surface area contributed by atoms with E-state index in [1.54, 1.807) is 0 Å². The van der Waals surface area contributed by atoms with E-state index in [2.05, 4.69) is 103 Å². The van der Waals surface area contributed by atoms with Gasteiger partial charge in [0, 0.05) is 59.8 Å². The van der Waals surface area contributed by atoms with Crippen LogP contribution in [0, 0.1) is 0 Å². The third-order valence-electron chi connectivity index (χ3n) is 8.98. The summed E-state index contributed by atoms with van der Waals surface area (Å²) in [6.45, 7) is 12.4. The van der Waals surface area contributed by atoms with Crippen molar-refractivity contribution in [2.24, 2.45) is 20.5 Å². The standard InChI is InChI=1S/C42H40N10O2/c1-5-51(6-2)37-25-21-35(22-26-37)45-43-33-17-13-31(14-18-33)41-49-47-39(53-41)29-9-11-30(12-10-29)40-48-50-42(54-40)32-15-19-34(20-16-32)44-46-36-23-27-38(28-24-36)52(7-3)8-4/h9-28H,5-8H2,1-4H3. The molecule has 270 valence electrons. The van der Waals surface area contributed by atoms with E-state index in [1.165, 1.54) is 11.4 Å². The fourth-order valence-corrected chi connectivity index (χ4v) is 5.88. The third-order valence-corrected chi connectivity index (χ3v) is 8.98. The summed E-state index contributed by atoms with van der Waals surface area (Å²) in [5.74, 6) is 1.60. The maximum Gasteiger partial charge on any atom is 0.248 e. The molecule has 7 rings (SSSR count). The quantitative estimate of drug-likeness (QED) is 0.102. The molecule has 0 saturated carbocycles. The first kappa shape index (κ1) is 35.6. The Kier molecular flexibility index (Phi) is 11.0. The van der Waals surface area contributed by atoms with Crippen LogP contribution in [-0.2, 0) is 0 Å². The Bertz CT molecular complexity index is 2140. The summed E-state index contributed by atoms with van der Waals surface area (Å²) < 4.78 is 12.0. The van der Waals surface area contributed by atoms with Crippen LogP contribution >= 0.6 is 0 Å². The number of nitrogens with zero attached hydrogens (tertiary/aromatic N) is 10. The van der Waals surface area contributed by atoms with Crippen LogP contribution in [0.25, 0.3) is 45.8 Å². The molecule has 0 N–H and O–H groups in total. The van der Waals surface area contributed by atoms with Crippen LogP contribution < -0.4 is 9.80 Å². The van der Waals surface area contributed by atoms with E-state index in [9.17, 15) is 0 Å². The third kappa shape index (κ3) is 8.28. The van der Waals surface area contributed by atoms with Crippen molar-refractivity contribution < 1.29 is 8.83 Å². The molecule has 12 nitrogen and oxygen atoms in total. The highest BCUT2D eigenvalue weighted by molar-refractivity contribution is 5.65. The zero-order valence-electron chi connectivity index (χ0n) is 30.7. The van der Waals surface area contributed by atoms with Gasteiger partial charge in [0.15, 0.2) is 0 Å². The Morgan fingerprint density at radius 2 is 0.574 bits per heavy atom. The van der Waals surface area contributed by atoms with Crippen LogP contribution in [0.15, 0.2) is 151 Å². The number of benzene rings is 5. The lowest BCUT2D eigenvalue weighted by Crippen LogP contribution is -2.21. The van der Waals surface area contributed by atoms with Crippen molar-refractivity contribution in [2.45, 2.75) is 27.7 Å². The monoisotopic (exact) mass is 716 g/mol. The molecule has 54 heavy (non-hydrogen) atoms. The zero-order chi connectivity index (χ0) is 37.3. The van der Waals surface area contributed by atoms with Crippen LogP contribution in [0.2, 0.25) is 0 Å². The second kappa shape index (κ2) is 16.7. The minimum atomic E-state index is 0.397. The second-order valence-corrected chi connectivity index (χ2v) is 12.3. The molecule has 0 saturated heterocycles. The van der Waals surface area contributed by atoms with Gasteiger partial charge in [0.25, 0.3) is 0 Å². The van der Waals surface area contributed by atoms with E-state index in [0.717, 1.165) is 71.2 Å². The van der Waals surface area contributed by atoms with Gasteiger partial charge in [-0.25, -0.2) is 0 Å². The average molecular weight is 717 g/mol. The van der Waals surface area contributed by atoms with Crippen molar-refractivity contribution in [3.63, 3.8) is 0 Å². The number of rotatable bonds is 14. The minimum absolute atomic E-state index is 0.397. The van der Waals surface area contributed by atoms with Gasteiger partial charge in [-0.15, -0.1) is 20.4 Å². The van der Waals surface area contributed by atoms with Crippen molar-refractivity contribution >= 4 is 34.1 Å². The van der Waals surface area contributed by atoms with E-state index >= 15 is 0 Å². The Morgan fingerprint density at radius 1 is 0.352 bits per heavy atom. The molecule has 0 aliphatic rings. The molecule has 2 heterocycles. The summed E-state index contributed by atoms with van der Waals surface area (Å²) in [6.07, 6.45) is 0. The molecule has 5 aromatic carbocycles. The Hall–Kier alpha value is -6.82. The lowest BCUT2D eigenvalue weighted by atomic mass is 10.1. The first-order valence-electron chi connectivity index (χ1n) is 18.1. The van der Waals surface area contributed by atoms with E-state index < -0.39 is 0 Å². The van der Waals surface area contributed by atoms with Crippen LogP contribution in [0.3, 0.4) is 0 Å². The molecule has 2 aromatic heterocycles. The summed E-state index contributed by atoms with van der Waals surface area (Å²) in [5, 5.41) is 34.6. The number of anilines is 2. The molecule has 0 aliphatic carbocycles. The summed E-state index contributed by atoms with van der Waals surface area (Å²) >= 11 is 0.